The molecule has 1 atom stereocenters. The van der Waals surface area contributed by atoms with Crippen molar-refractivity contribution in [3.05, 3.63) is 47.8 Å². The van der Waals surface area contributed by atoms with Gasteiger partial charge in [-0.3, -0.25) is 4.79 Å². The van der Waals surface area contributed by atoms with Crippen molar-refractivity contribution in [3.63, 3.8) is 0 Å². The summed E-state index contributed by atoms with van der Waals surface area (Å²) in [5.74, 6) is 0.136. The van der Waals surface area contributed by atoms with E-state index in [1.165, 1.54) is 11.8 Å². The van der Waals surface area contributed by atoms with Crippen LogP contribution in [0.2, 0.25) is 0 Å². The molecule has 0 radical (unpaired) electrons. The van der Waals surface area contributed by atoms with Gasteiger partial charge >= 0.3 is 0 Å². The van der Waals surface area contributed by atoms with Gasteiger partial charge in [0.15, 0.2) is 0 Å². The summed E-state index contributed by atoms with van der Waals surface area (Å²) in [6, 6.07) is 9.99. The zero-order valence-electron chi connectivity index (χ0n) is 10.0. The smallest absolute Gasteiger partial charge is 0.234 e. The molecule has 3 rings (SSSR count). The molecule has 0 saturated heterocycles. The third-order valence-corrected chi connectivity index (χ3v) is 4.13. The number of H-pyrrole nitrogens is 1. The molecule has 1 aromatic carbocycles. The zero-order valence-corrected chi connectivity index (χ0v) is 10.8. The molecule has 0 bridgehead atoms. The number of aromatic nitrogens is 1. The van der Waals surface area contributed by atoms with Crippen LogP contribution in [0.4, 0.5) is 5.69 Å². The van der Waals surface area contributed by atoms with Gasteiger partial charge in [-0.2, -0.15) is 5.26 Å². The standard InChI is InChI=1S/C14H11N3OS/c15-6-11(10-3-4-16-7-10)9-1-2-13-12(5-9)17-14(18)8-19-13/h1-5,7,11,16H,8H2,(H,17,18). The average molecular weight is 269 g/mol. The molecular formula is C14H11N3OS. The summed E-state index contributed by atoms with van der Waals surface area (Å²) in [4.78, 5) is 15.4. The van der Waals surface area contributed by atoms with Crippen LogP contribution in [0.1, 0.15) is 17.0 Å². The Morgan fingerprint density at radius 2 is 2.21 bits per heavy atom. The second-order valence-corrected chi connectivity index (χ2v) is 5.32. The number of nitriles is 1. The highest BCUT2D eigenvalue weighted by molar-refractivity contribution is 8.00. The van der Waals surface area contributed by atoms with Crippen molar-refractivity contribution in [2.45, 2.75) is 10.8 Å². The summed E-state index contributed by atoms with van der Waals surface area (Å²) in [6.45, 7) is 0. The van der Waals surface area contributed by atoms with Crippen molar-refractivity contribution in [1.29, 1.82) is 5.26 Å². The molecule has 4 nitrogen and oxygen atoms in total. The minimum Gasteiger partial charge on any atom is -0.367 e. The molecule has 0 saturated carbocycles. The Morgan fingerprint density at radius 1 is 1.32 bits per heavy atom. The molecular weight excluding hydrogens is 258 g/mol. The molecule has 94 valence electrons. The van der Waals surface area contributed by atoms with Crippen LogP contribution in [0, 0.1) is 11.3 Å². The molecule has 19 heavy (non-hydrogen) atoms. The first-order chi connectivity index (χ1) is 9.28. The fourth-order valence-electron chi connectivity index (χ4n) is 2.14. The van der Waals surface area contributed by atoms with Crippen molar-refractivity contribution in [3.8, 4) is 6.07 Å². The van der Waals surface area contributed by atoms with Crippen LogP contribution in [0.15, 0.2) is 41.6 Å². The summed E-state index contributed by atoms with van der Waals surface area (Å²) in [6.07, 6.45) is 3.62. The van der Waals surface area contributed by atoms with E-state index in [0.717, 1.165) is 21.7 Å². The number of carbonyl (C=O) groups is 1. The first kappa shape index (κ1) is 11.9. The Hall–Kier alpha value is -2.19. The first-order valence-electron chi connectivity index (χ1n) is 5.87. The van der Waals surface area contributed by atoms with Crippen molar-refractivity contribution in [2.24, 2.45) is 0 Å². The van der Waals surface area contributed by atoms with Gasteiger partial charge in [0.1, 0.15) is 0 Å². The maximum Gasteiger partial charge on any atom is 0.234 e. The second-order valence-electron chi connectivity index (χ2n) is 4.30. The lowest BCUT2D eigenvalue weighted by Gasteiger charge is -2.18. The molecule has 0 spiro atoms. The monoisotopic (exact) mass is 269 g/mol. The Morgan fingerprint density at radius 3 is 2.95 bits per heavy atom. The topological polar surface area (TPSA) is 68.7 Å². The highest BCUT2D eigenvalue weighted by Crippen LogP contribution is 2.35. The summed E-state index contributed by atoms with van der Waals surface area (Å²) < 4.78 is 0. The number of rotatable bonds is 2. The molecule has 1 aliphatic heterocycles. The summed E-state index contributed by atoms with van der Waals surface area (Å²) in [5.41, 5.74) is 2.62. The van der Waals surface area contributed by atoms with Crippen LogP contribution in [0.25, 0.3) is 0 Å². The summed E-state index contributed by atoms with van der Waals surface area (Å²) in [5, 5.41) is 12.2. The number of fused-ring (bicyclic) bond motifs is 1. The largest absolute Gasteiger partial charge is 0.367 e. The van der Waals surface area contributed by atoms with Gasteiger partial charge in [0.2, 0.25) is 5.91 Å². The van der Waals surface area contributed by atoms with E-state index in [9.17, 15) is 10.1 Å². The molecule has 2 aromatic rings. The Bertz CT molecular complexity index is 658. The Kier molecular flexibility index (Phi) is 3.02. The predicted octanol–water partition coefficient (Wildman–Crippen LogP) is 2.71. The van der Waals surface area contributed by atoms with Crippen LogP contribution in [0.5, 0.6) is 0 Å². The minimum atomic E-state index is -0.319. The molecule has 1 amide bonds. The van der Waals surface area contributed by atoms with E-state index in [1.54, 1.807) is 6.20 Å². The van der Waals surface area contributed by atoms with E-state index in [0.29, 0.717) is 5.75 Å². The Balaban J connectivity index is 2.00. The fourth-order valence-corrected chi connectivity index (χ4v) is 2.93. The summed E-state index contributed by atoms with van der Waals surface area (Å²) in [7, 11) is 0. The van der Waals surface area contributed by atoms with E-state index >= 15 is 0 Å². The molecule has 0 aliphatic carbocycles. The molecule has 1 aliphatic rings. The highest BCUT2D eigenvalue weighted by Gasteiger charge is 2.19. The van der Waals surface area contributed by atoms with Crippen LogP contribution in [-0.2, 0) is 4.79 Å². The van der Waals surface area contributed by atoms with E-state index in [4.69, 9.17) is 0 Å². The number of nitrogens with one attached hydrogen (secondary N) is 2. The molecule has 2 N–H and O–H groups in total. The highest BCUT2D eigenvalue weighted by atomic mass is 32.2. The van der Waals surface area contributed by atoms with Crippen molar-refractivity contribution in [2.75, 3.05) is 11.1 Å². The molecule has 1 aromatic heterocycles. The van der Waals surface area contributed by atoms with Gasteiger partial charge in [0.05, 0.1) is 23.4 Å². The van der Waals surface area contributed by atoms with Gasteiger partial charge in [-0.05, 0) is 29.3 Å². The maximum absolute atomic E-state index is 11.4. The number of benzene rings is 1. The molecule has 1 unspecified atom stereocenters. The Labute approximate surface area is 114 Å². The third kappa shape index (κ3) is 2.23. The number of nitrogens with zero attached hydrogens (tertiary/aromatic N) is 1. The van der Waals surface area contributed by atoms with E-state index in [2.05, 4.69) is 16.4 Å². The van der Waals surface area contributed by atoms with Crippen molar-refractivity contribution in [1.82, 2.24) is 4.98 Å². The third-order valence-electron chi connectivity index (χ3n) is 3.05. The van der Waals surface area contributed by atoms with E-state index in [1.807, 2.05) is 30.5 Å². The van der Waals surface area contributed by atoms with Gasteiger partial charge < -0.3 is 10.3 Å². The van der Waals surface area contributed by atoms with Crippen LogP contribution >= 0.6 is 11.8 Å². The number of hydrogen-bond acceptors (Lipinski definition) is 3. The van der Waals surface area contributed by atoms with Crippen molar-refractivity contribution < 1.29 is 4.79 Å². The van der Waals surface area contributed by atoms with E-state index < -0.39 is 0 Å². The minimum absolute atomic E-state index is 0.00445. The second kappa shape index (κ2) is 4.82. The molecule has 0 fully saturated rings. The zero-order chi connectivity index (χ0) is 13.2. The van der Waals surface area contributed by atoms with Crippen LogP contribution in [0.3, 0.4) is 0 Å². The number of aromatic amines is 1. The lowest BCUT2D eigenvalue weighted by molar-refractivity contribution is -0.113. The number of carbonyl (C=O) groups excluding carboxylic acids is 1. The van der Waals surface area contributed by atoms with Gasteiger partial charge in [-0.1, -0.05) is 6.07 Å². The first-order valence-corrected chi connectivity index (χ1v) is 6.85. The fraction of sp³-hybridized carbons (Fsp3) is 0.143. The lowest BCUT2D eigenvalue weighted by Crippen LogP contribution is -2.18. The average Bonchev–Trinajstić information content (AvgIpc) is 2.93. The van der Waals surface area contributed by atoms with Gasteiger partial charge in [-0.15, -0.1) is 11.8 Å². The maximum atomic E-state index is 11.4. The van der Waals surface area contributed by atoms with Crippen LogP contribution in [-0.4, -0.2) is 16.6 Å². The van der Waals surface area contributed by atoms with Gasteiger partial charge in [0.25, 0.3) is 0 Å². The van der Waals surface area contributed by atoms with Gasteiger partial charge in [0, 0.05) is 17.3 Å². The number of thioether (sulfide) groups is 1. The normalized spacial score (nSPS) is 15.2. The number of amides is 1. The SMILES string of the molecule is N#CC(c1cc[nH]c1)c1ccc2c(c1)NC(=O)CS2. The lowest BCUT2D eigenvalue weighted by atomic mass is 9.94. The quantitative estimate of drug-likeness (QED) is 0.880. The van der Waals surface area contributed by atoms with Crippen LogP contribution < -0.4 is 5.32 Å². The summed E-state index contributed by atoms with van der Waals surface area (Å²) >= 11 is 1.52. The number of anilines is 1. The predicted molar refractivity (Wildman–Crippen MR) is 74.0 cm³/mol. The number of hydrogen-bond donors (Lipinski definition) is 2. The van der Waals surface area contributed by atoms with E-state index in [-0.39, 0.29) is 11.8 Å². The van der Waals surface area contributed by atoms with Gasteiger partial charge in [-0.25, -0.2) is 0 Å². The molecule has 2 heterocycles. The molecule has 5 heteroatoms. The van der Waals surface area contributed by atoms with Crippen molar-refractivity contribution >= 4 is 23.4 Å².